The molecule has 1 atom stereocenters. The summed E-state index contributed by atoms with van der Waals surface area (Å²) in [4.78, 5) is 29.5. The van der Waals surface area contributed by atoms with Crippen LogP contribution in [0, 0.1) is 0 Å². The number of halogens is 1. The molecule has 0 radical (unpaired) electrons. The molecule has 1 aromatic heterocycles. The van der Waals surface area contributed by atoms with Crippen LogP contribution in [0.3, 0.4) is 0 Å². The first-order valence-corrected chi connectivity index (χ1v) is 10.2. The van der Waals surface area contributed by atoms with Crippen LogP contribution in [0.15, 0.2) is 70.9 Å². The van der Waals surface area contributed by atoms with E-state index < -0.39 is 23.5 Å². The molecule has 1 N–H and O–H groups in total. The number of hydrogen-bond donors (Lipinski definition) is 1. The van der Waals surface area contributed by atoms with Gasteiger partial charge in [-0.25, -0.2) is 0 Å². The number of anilines is 2. The zero-order valence-corrected chi connectivity index (χ0v) is 18.5. The highest BCUT2D eigenvalue weighted by Gasteiger charge is 2.48. The maximum Gasteiger partial charge on any atom is 0.300 e. The molecule has 4 rings (SSSR count). The van der Waals surface area contributed by atoms with Gasteiger partial charge < -0.3 is 19.2 Å². The lowest BCUT2D eigenvalue weighted by Gasteiger charge is -2.24. The van der Waals surface area contributed by atoms with Gasteiger partial charge in [-0.05, 0) is 54.6 Å². The summed E-state index contributed by atoms with van der Waals surface area (Å²) in [5, 5.41) is 11.5. The normalized spacial score (nSPS) is 17.6. The fraction of sp³-hybridized carbons (Fsp3) is 0.167. The summed E-state index contributed by atoms with van der Waals surface area (Å²) in [6, 6.07) is 14.2. The number of nitrogens with zero attached hydrogens (tertiary/aromatic N) is 2. The summed E-state index contributed by atoms with van der Waals surface area (Å²) >= 11 is 6.12. The van der Waals surface area contributed by atoms with Gasteiger partial charge in [-0.15, -0.1) is 0 Å². The third-order valence-electron chi connectivity index (χ3n) is 5.32. The van der Waals surface area contributed by atoms with Gasteiger partial charge in [-0.2, -0.15) is 0 Å². The summed E-state index contributed by atoms with van der Waals surface area (Å²) in [6.07, 6.45) is 1.45. The number of carbonyl (C=O) groups excluding carboxylic acids is 2. The first-order chi connectivity index (χ1) is 15.3. The summed E-state index contributed by atoms with van der Waals surface area (Å²) < 4.78 is 10.9. The second-order valence-corrected chi connectivity index (χ2v) is 7.88. The van der Waals surface area contributed by atoms with Gasteiger partial charge >= 0.3 is 0 Å². The summed E-state index contributed by atoms with van der Waals surface area (Å²) in [6.45, 7) is 0. The molecule has 0 spiro atoms. The zero-order valence-electron chi connectivity index (χ0n) is 17.7. The smallest absolute Gasteiger partial charge is 0.300 e. The van der Waals surface area contributed by atoms with Crippen LogP contribution in [0.4, 0.5) is 11.4 Å². The monoisotopic (exact) mass is 452 g/mol. The molecule has 7 nitrogen and oxygen atoms in total. The van der Waals surface area contributed by atoms with Gasteiger partial charge in [0.2, 0.25) is 0 Å². The number of carbonyl (C=O) groups is 2. The minimum Gasteiger partial charge on any atom is -0.507 e. The fourth-order valence-corrected chi connectivity index (χ4v) is 3.91. The van der Waals surface area contributed by atoms with Crippen LogP contribution >= 0.6 is 11.6 Å². The van der Waals surface area contributed by atoms with Crippen LogP contribution in [0.25, 0.3) is 5.76 Å². The summed E-state index contributed by atoms with van der Waals surface area (Å²) in [5.41, 5.74) is 1.53. The van der Waals surface area contributed by atoms with Crippen molar-refractivity contribution in [2.45, 2.75) is 6.04 Å². The van der Waals surface area contributed by atoms with Crippen molar-refractivity contribution in [3.63, 3.8) is 0 Å². The molecule has 0 aliphatic carbocycles. The van der Waals surface area contributed by atoms with Gasteiger partial charge in [0.15, 0.2) is 0 Å². The molecule has 3 aromatic rings. The van der Waals surface area contributed by atoms with E-state index in [1.807, 2.05) is 31.1 Å². The zero-order chi connectivity index (χ0) is 23.0. The minimum atomic E-state index is -0.959. The van der Waals surface area contributed by atoms with Crippen molar-refractivity contribution in [2.24, 2.45) is 0 Å². The number of rotatable bonds is 5. The molecule has 0 bridgehead atoms. The van der Waals surface area contributed by atoms with E-state index in [1.165, 1.54) is 24.3 Å². The molecule has 32 heavy (non-hydrogen) atoms. The Bertz CT molecular complexity index is 1200. The third-order valence-corrected chi connectivity index (χ3v) is 5.55. The highest BCUT2D eigenvalue weighted by atomic mass is 35.5. The molecule has 1 amide bonds. The number of methoxy groups -OCH3 is 1. The van der Waals surface area contributed by atoms with Gasteiger partial charge in [-0.1, -0.05) is 11.6 Å². The Hall–Kier alpha value is -3.71. The number of benzene rings is 2. The summed E-state index contributed by atoms with van der Waals surface area (Å²) in [5.74, 6) is -1.35. The van der Waals surface area contributed by atoms with E-state index >= 15 is 0 Å². The number of aliphatic hydroxyl groups is 1. The van der Waals surface area contributed by atoms with Crippen molar-refractivity contribution < 1.29 is 23.8 Å². The van der Waals surface area contributed by atoms with Gasteiger partial charge in [0.1, 0.15) is 23.3 Å². The molecule has 1 saturated heterocycles. The molecular weight excluding hydrogens is 432 g/mol. The van der Waals surface area contributed by atoms with Crippen molar-refractivity contribution in [3.05, 3.63) is 82.8 Å². The average molecular weight is 453 g/mol. The second kappa shape index (κ2) is 8.43. The SMILES string of the molecule is COc1ccc(Cl)cc1/C(O)=C1/C(=O)C(=O)N(c2ccc(N(C)C)cc2)C1c1ccco1. The lowest BCUT2D eigenvalue weighted by molar-refractivity contribution is -0.132. The van der Waals surface area contributed by atoms with E-state index in [9.17, 15) is 14.7 Å². The molecule has 8 heteroatoms. The van der Waals surface area contributed by atoms with Gasteiger partial charge in [-0.3, -0.25) is 14.5 Å². The predicted molar refractivity (Wildman–Crippen MR) is 122 cm³/mol. The number of ketones is 1. The van der Waals surface area contributed by atoms with Crippen molar-refractivity contribution in [1.82, 2.24) is 0 Å². The molecule has 1 fully saturated rings. The van der Waals surface area contributed by atoms with Crippen molar-refractivity contribution in [2.75, 3.05) is 31.0 Å². The van der Waals surface area contributed by atoms with E-state index in [2.05, 4.69) is 0 Å². The number of ether oxygens (including phenoxy) is 1. The number of aliphatic hydroxyl groups excluding tert-OH is 1. The van der Waals surface area contributed by atoms with Crippen LogP contribution in [0.2, 0.25) is 5.02 Å². The van der Waals surface area contributed by atoms with Crippen molar-refractivity contribution in [3.8, 4) is 5.75 Å². The largest absolute Gasteiger partial charge is 0.507 e. The predicted octanol–water partition coefficient (Wildman–Crippen LogP) is 4.63. The molecular formula is C24H21ClN2O5. The van der Waals surface area contributed by atoms with Crippen molar-refractivity contribution in [1.29, 1.82) is 0 Å². The fourth-order valence-electron chi connectivity index (χ4n) is 3.74. The molecule has 164 valence electrons. The molecule has 1 aliphatic heterocycles. The Labute approximate surface area is 190 Å². The summed E-state index contributed by atoms with van der Waals surface area (Å²) in [7, 11) is 5.25. The molecule has 2 aromatic carbocycles. The van der Waals surface area contributed by atoms with Gasteiger partial charge in [0.05, 0.1) is 24.5 Å². The Morgan fingerprint density at radius 2 is 1.84 bits per heavy atom. The first kappa shape index (κ1) is 21.5. The minimum absolute atomic E-state index is 0.109. The molecule has 2 heterocycles. The maximum atomic E-state index is 13.1. The average Bonchev–Trinajstić information content (AvgIpc) is 3.40. The van der Waals surface area contributed by atoms with Crippen molar-refractivity contribution >= 4 is 40.4 Å². The topological polar surface area (TPSA) is 83.2 Å². The van der Waals surface area contributed by atoms with E-state index in [0.29, 0.717) is 22.2 Å². The Kier molecular flexibility index (Phi) is 5.67. The first-order valence-electron chi connectivity index (χ1n) is 9.79. The van der Waals surface area contributed by atoms with Crippen LogP contribution in [0.5, 0.6) is 5.75 Å². The highest BCUT2D eigenvalue weighted by Crippen LogP contribution is 2.43. The van der Waals surface area contributed by atoms with Crippen LogP contribution in [-0.4, -0.2) is 38.0 Å². The Morgan fingerprint density at radius 3 is 2.44 bits per heavy atom. The highest BCUT2D eigenvalue weighted by molar-refractivity contribution is 6.51. The van der Waals surface area contributed by atoms with E-state index in [1.54, 1.807) is 36.4 Å². The Morgan fingerprint density at radius 1 is 1.12 bits per heavy atom. The Balaban J connectivity index is 1.91. The van der Waals surface area contributed by atoms with E-state index in [-0.39, 0.29) is 11.1 Å². The maximum absolute atomic E-state index is 13.1. The van der Waals surface area contributed by atoms with Gasteiger partial charge in [0.25, 0.3) is 11.7 Å². The van der Waals surface area contributed by atoms with E-state index in [0.717, 1.165) is 5.69 Å². The van der Waals surface area contributed by atoms with Gasteiger partial charge in [0, 0.05) is 30.5 Å². The van der Waals surface area contributed by atoms with Crippen LogP contribution in [-0.2, 0) is 9.59 Å². The number of amides is 1. The number of hydrogen-bond acceptors (Lipinski definition) is 6. The number of furan rings is 1. The van der Waals surface area contributed by atoms with Crippen LogP contribution in [0.1, 0.15) is 17.4 Å². The lowest BCUT2D eigenvalue weighted by Crippen LogP contribution is -2.29. The third kappa shape index (κ3) is 3.61. The molecule has 1 unspecified atom stereocenters. The number of Topliss-reactive ketones (excluding diaryl/α,β-unsaturated/α-hetero) is 1. The standard InChI is InChI=1S/C24H21ClN2O5/c1-26(2)15-7-9-16(10-8-15)27-21(19-5-4-12-32-19)20(23(29)24(27)30)22(28)17-13-14(25)6-11-18(17)31-3/h4-13,21,28H,1-3H3/b22-20-. The van der Waals surface area contributed by atoms with E-state index in [4.69, 9.17) is 20.8 Å². The lowest BCUT2D eigenvalue weighted by atomic mass is 9.98. The van der Waals surface area contributed by atoms with Crippen LogP contribution < -0.4 is 14.5 Å². The second-order valence-electron chi connectivity index (χ2n) is 7.44. The quantitative estimate of drug-likeness (QED) is 0.345. The molecule has 0 saturated carbocycles. The molecule has 1 aliphatic rings.